The number of hydrogen-bond acceptors (Lipinski definition) is 2. The van der Waals surface area contributed by atoms with Gasteiger partial charge in [-0.2, -0.15) is 0 Å². The SMILES string of the molecule is NC1CC(Nc2ccccc2Cc2ccccc2)C1. The predicted octanol–water partition coefficient (Wildman–Crippen LogP) is 3.18. The van der Waals surface area contributed by atoms with E-state index in [1.54, 1.807) is 0 Å². The van der Waals surface area contributed by atoms with Gasteiger partial charge in [-0.05, 0) is 36.5 Å². The minimum Gasteiger partial charge on any atom is -0.382 e. The molecule has 3 rings (SSSR count). The Hall–Kier alpha value is -1.80. The smallest absolute Gasteiger partial charge is 0.0378 e. The summed E-state index contributed by atoms with van der Waals surface area (Å²) in [5.41, 5.74) is 9.80. The first-order chi connectivity index (χ1) is 9.31. The molecule has 1 aliphatic rings. The second-order valence-corrected chi connectivity index (χ2v) is 5.39. The fourth-order valence-electron chi connectivity index (χ4n) is 2.63. The normalized spacial score (nSPS) is 21.7. The molecular weight excluding hydrogens is 232 g/mol. The highest BCUT2D eigenvalue weighted by Crippen LogP contribution is 2.26. The monoisotopic (exact) mass is 252 g/mol. The van der Waals surface area contributed by atoms with Crippen LogP contribution in [0.15, 0.2) is 54.6 Å². The Morgan fingerprint density at radius 3 is 2.37 bits per heavy atom. The quantitative estimate of drug-likeness (QED) is 0.877. The predicted molar refractivity (Wildman–Crippen MR) is 80.3 cm³/mol. The van der Waals surface area contributed by atoms with Crippen LogP contribution in [0.4, 0.5) is 5.69 Å². The van der Waals surface area contributed by atoms with Gasteiger partial charge in [0.25, 0.3) is 0 Å². The van der Waals surface area contributed by atoms with E-state index in [0.29, 0.717) is 12.1 Å². The summed E-state index contributed by atoms with van der Waals surface area (Å²) in [5.74, 6) is 0. The van der Waals surface area contributed by atoms with E-state index in [9.17, 15) is 0 Å². The summed E-state index contributed by atoms with van der Waals surface area (Å²) in [6.07, 6.45) is 3.14. The topological polar surface area (TPSA) is 38.0 Å². The lowest BCUT2D eigenvalue weighted by atomic mass is 9.87. The molecule has 0 unspecified atom stereocenters. The van der Waals surface area contributed by atoms with Gasteiger partial charge >= 0.3 is 0 Å². The summed E-state index contributed by atoms with van der Waals surface area (Å²) in [6.45, 7) is 0. The first-order valence-corrected chi connectivity index (χ1v) is 6.95. The van der Waals surface area contributed by atoms with Gasteiger partial charge < -0.3 is 11.1 Å². The van der Waals surface area contributed by atoms with Gasteiger partial charge in [0.1, 0.15) is 0 Å². The highest BCUT2D eigenvalue weighted by molar-refractivity contribution is 5.53. The van der Waals surface area contributed by atoms with Gasteiger partial charge in [-0.1, -0.05) is 48.5 Å². The molecule has 2 nitrogen and oxygen atoms in total. The van der Waals surface area contributed by atoms with E-state index >= 15 is 0 Å². The van der Waals surface area contributed by atoms with E-state index < -0.39 is 0 Å². The molecule has 2 aromatic carbocycles. The Morgan fingerprint density at radius 2 is 1.63 bits per heavy atom. The number of benzene rings is 2. The van der Waals surface area contributed by atoms with Crippen molar-refractivity contribution in [3.63, 3.8) is 0 Å². The Kier molecular flexibility index (Phi) is 3.51. The second-order valence-electron chi connectivity index (χ2n) is 5.39. The maximum atomic E-state index is 5.84. The Morgan fingerprint density at radius 1 is 0.947 bits per heavy atom. The summed E-state index contributed by atoms with van der Waals surface area (Å²) >= 11 is 0. The molecule has 2 heteroatoms. The van der Waals surface area contributed by atoms with E-state index in [1.807, 2.05) is 0 Å². The molecule has 0 amide bonds. The second kappa shape index (κ2) is 5.45. The van der Waals surface area contributed by atoms with E-state index in [0.717, 1.165) is 19.3 Å². The molecule has 0 aromatic heterocycles. The summed E-state index contributed by atoms with van der Waals surface area (Å²) in [5, 5.41) is 3.62. The van der Waals surface area contributed by atoms with Crippen molar-refractivity contribution in [2.75, 3.05) is 5.32 Å². The van der Waals surface area contributed by atoms with Crippen LogP contribution >= 0.6 is 0 Å². The lowest BCUT2D eigenvalue weighted by Crippen LogP contribution is -2.44. The van der Waals surface area contributed by atoms with Crippen LogP contribution in [0.25, 0.3) is 0 Å². The number of anilines is 1. The summed E-state index contributed by atoms with van der Waals surface area (Å²) in [4.78, 5) is 0. The van der Waals surface area contributed by atoms with Crippen molar-refractivity contribution >= 4 is 5.69 Å². The van der Waals surface area contributed by atoms with Crippen molar-refractivity contribution < 1.29 is 0 Å². The van der Waals surface area contributed by atoms with Crippen LogP contribution < -0.4 is 11.1 Å². The lowest BCUT2D eigenvalue weighted by molar-refractivity contribution is 0.373. The largest absolute Gasteiger partial charge is 0.382 e. The van der Waals surface area contributed by atoms with Gasteiger partial charge in [0.2, 0.25) is 0 Å². The molecule has 1 fully saturated rings. The molecule has 0 spiro atoms. The van der Waals surface area contributed by atoms with E-state index in [4.69, 9.17) is 5.73 Å². The molecule has 0 atom stereocenters. The van der Waals surface area contributed by atoms with Crippen LogP contribution in [0.3, 0.4) is 0 Å². The Labute approximate surface area is 114 Å². The van der Waals surface area contributed by atoms with Crippen LogP contribution in [0, 0.1) is 0 Å². The van der Waals surface area contributed by atoms with Gasteiger partial charge in [0.05, 0.1) is 0 Å². The zero-order valence-electron chi connectivity index (χ0n) is 11.0. The molecule has 0 bridgehead atoms. The summed E-state index contributed by atoms with van der Waals surface area (Å²) < 4.78 is 0. The molecule has 1 aliphatic carbocycles. The van der Waals surface area contributed by atoms with Crippen LogP contribution in [-0.4, -0.2) is 12.1 Å². The van der Waals surface area contributed by atoms with Crippen molar-refractivity contribution in [1.82, 2.24) is 0 Å². The molecule has 0 radical (unpaired) electrons. The maximum Gasteiger partial charge on any atom is 0.0378 e. The third kappa shape index (κ3) is 2.96. The fourth-order valence-corrected chi connectivity index (χ4v) is 2.63. The van der Waals surface area contributed by atoms with E-state index in [-0.39, 0.29) is 0 Å². The first kappa shape index (κ1) is 12.2. The molecule has 19 heavy (non-hydrogen) atoms. The van der Waals surface area contributed by atoms with Crippen molar-refractivity contribution in [2.45, 2.75) is 31.3 Å². The van der Waals surface area contributed by atoms with Crippen LogP contribution in [0.5, 0.6) is 0 Å². The van der Waals surface area contributed by atoms with Gasteiger partial charge in [-0.15, -0.1) is 0 Å². The molecule has 3 N–H and O–H groups in total. The third-order valence-corrected chi connectivity index (χ3v) is 3.79. The number of rotatable bonds is 4. The molecule has 0 heterocycles. The number of para-hydroxylation sites is 1. The van der Waals surface area contributed by atoms with Crippen LogP contribution in [0.1, 0.15) is 24.0 Å². The van der Waals surface area contributed by atoms with Crippen LogP contribution in [0.2, 0.25) is 0 Å². The highest BCUT2D eigenvalue weighted by Gasteiger charge is 2.25. The minimum atomic E-state index is 0.388. The third-order valence-electron chi connectivity index (χ3n) is 3.79. The Balaban J connectivity index is 1.74. The van der Waals surface area contributed by atoms with Crippen LogP contribution in [-0.2, 0) is 6.42 Å². The first-order valence-electron chi connectivity index (χ1n) is 6.95. The zero-order valence-corrected chi connectivity index (χ0v) is 11.0. The fraction of sp³-hybridized carbons (Fsp3) is 0.294. The van der Waals surface area contributed by atoms with Gasteiger partial charge in [-0.3, -0.25) is 0 Å². The van der Waals surface area contributed by atoms with E-state index in [1.165, 1.54) is 16.8 Å². The summed E-state index contributed by atoms with van der Waals surface area (Å²) in [7, 11) is 0. The molecule has 1 saturated carbocycles. The van der Waals surface area contributed by atoms with Crippen molar-refractivity contribution in [2.24, 2.45) is 5.73 Å². The van der Waals surface area contributed by atoms with Gasteiger partial charge in [-0.25, -0.2) is 0 Å². The standard InChI is InChI=1S/C17H20N2/c18-15-11-16(12-15)19-17-9-5-4-8-14(17)10-13-6-2-1-3-7-13/h1-9,15-16,19H,10-12,18H2. The number of nitrogens with two attached hydrogens (primary N) is 1. The highest BCUT2D eigenvalue weighted by atomic mass is 15.0. The summed E-state index contributed by atoms with van der Waals surface area (Å²) in [6, 6.07) is 20.1. The van der Waals surface area contributed by atoms with Crippen molar-refractivity contribution in [3.05, 3.63) is 65.7 Å². The molecule has 98 valence electrons. The van der Waals surface area contributed by atoms with Gasteiger partial charge in [0.15, 0.2) is 0 Å². The number of hydrogen-bond donors (Lipinski definition) is 2. The van der Waals surface area contributed by atoms with Crippen molar-refractivity contribution in [1.29, 1.82) is 0 Å². The lowest BCUT2D eigenvalue weighted by Gasteiger charge is -2.34. The Bertz CT molecular complexity index is 530. The van der Waals surface area contributed by atoms with E-state index in [2.05, 4.69) is 59.9 Å². The molecule has 0 aliphatic heterocycles. The van der Waals surface area contributed by atoms with Crippen molar-refractivity contribution in [3.8, 4) is 0 Å². The average Bonchev–Trinajstić information content (AvgIpc) is 2.40. The number of nitrogens with one attached hydrogen (secondary N) is 1. The molecule has 2 aromatic rings. The minimum absolute atomic E-state index is 0.388. The maximum absolute atomic E-state index is 5.84. The van der Waals surface area contributed by atoms with Gasteiger partial charge in [0, 0.05) is 17.8 Å². The zero-order chi connectivity index (χ0) is 13.1. The molecule has 0 saturated heterocycles. The average molecular weight is 252 g/mol. The molecular formula is C17H20N2.